The Morgan fingerprint density at radius 1 is 0.714 bits per heavy atom. The molecule has 9 heteroatoms. The van der Waals surface area contributed by atoms with Crippen molar-refractivity contribution >= 4 is 93.3 Å². The minimum absolute atomic E-state index is 0.188. The molecule has 0 aliphatic rings. The van der Waals surface area contributed by atoms with Gasteiger partial charge in [-0.1, -0.05) is 21.9 Å². The van der Waals surface area contributed by atoms with Crippen molar-refractivity contribution in [2.24, 2.45) is 0 Å². The van der Waals surface area contributed by atoms with Crippen molar-refractivity contribution in [3.8, 4) is 11.3 Å². The summed E-state index contributed by atoms with van der Waals surface area (Å²) < 4.78 is 14.8. The van der Waals surface area contributed by atoms with E-state index in [4.69, 9.17) is 0 Å². The van der Waals surface area contributed by atoms with Crippen molar-refractivity contribution in [1.29, 1.82) is 0 Å². The van der Waals surface area contributed by atoms with E-state index < -0.39 is 0 Å². The summed E-state index contributed by atoms with van der Waals surface area (Å²) in [4.78, 5) is 4.56. The van der Waals surface area contributed by atoms with E-state index in [1.54, 1.807) is 0 Å². The third kappa shape index (κ3) is 2.41. The topological polar surface area (TPSA) is 12.9 Å². The summed E-state index contributed by atoms with van der Waals surface area (Å²) in [6, 6.07) is 0. The van der Waals surface area contributed by atoms with Gasteiger partial charge in [0.2, 0.25) is 0 Å². The largest absolute Gasteiger partial charge is 0.261 e. The smallest absolute Gasteiger partial charge is 0.163 e. The van der Waals surface area contributed by atoms with E-state index >= 15 is 0 Å². The average Bonchev–Trinajstić information content (AvgIpc) is 2.46. The highest BCUT2D eigenvalue weighted by atomic mass is 19.1. The molecule has 1 aromatic heterocycles. The molecule has 2 aromatic rings. The molecule has 0 saturated heterocycles. The van der Waals surface area contributed by atoms with Gasteiger partial charge in [-0.15, -0.1) is 10.9 Å². The van der Waals surface area contributed by atoms with Crippen LogP contribution in [0.1, 0.15) is 5.56 Å². The summed E-state index contributed by atoms with van der Waals surface area (Å²) >= 11 is 0. The fourth-order valence-corrected chi connectivity index (χ4v) is 2.94. The van der Waals surface area contributed by atoms with Gasteiger partial charge >= 0.3 is 0 Å². The van der Waals surface area contributed by atoms with Gasteiger partial charge in [-0.3, -0.25) is 4.98 Å². The Balaban J connectivity index is 2.93. The minimum atomic E-state index is -0.188. The average molecular weight is 270 g/mol. The van der Waals surface area contributed by atoms with Gasteiger partial charge in [-0.05, 0) is 23.6 Å². The molecule has 0 amide bonds. The van der Waals surface area contributed by atoms with Gasteiger partial charge in [0, 0.05) is 0 Å². The zero-order valence-electron chi connectivity index (χ0n) is 14.3. The highest BCUT2D eigenvalue weighted by Gasteiger charge is 2.19. The summed E-state index contributed by atoms with van der Waals surface area (Å²) in [6.45, 7) is 2.07. The summed E-state index contributed by atoms with van der Waals surface area (Å²) in [6.07, 6.45) is 0. The first-order valence-electron chi connectivity index (χ1n) is 7.39. The number of hydrogen-bond acceptors (Lipinski definition) is 1. The Morgan fingerprint density at radius 2 is 1.24 bits per heavy atom. The second kappa shape index (κ2) is 5.51. The summed E-state index contributed by atoms with van der Waals surface area (Å²) in [5.74, 6) is -0.188. The number of halogens is 1. The number of nitrogens with zero attached hydrogens (tertiary/aromatic N) is 1. The highest BCUT2D eigenvalue weighted by molar-refractivity contribution is 6.64. The van der Waals surface area contributed by atoms with Crippen LogP contribution < -0.4 is 38.4 Å². The predicted molar refractivity (Wildman–Crippen MR) is 112 cm³/mol. The van der Waals surface area contributed by atoms with Crippen molar-refractivity contribution < 1.29 is 4.39 Å². The van der Waals surface area contributed by atoms with Crippen LogP contribution in [0.2, 0.25) is 0 Å². The second-order valence-electron chi connectivity index (χ2n) is 6.11. The van der Waals surface area contributed by atoms with E-state index in [0.717, 1.165) is 27.6 Å². The summed E-state index contributed by atoms with van der Waals surface area (Å²) in [5, 5.41) is 0. The van der Waals surface area contributed by atoms with E-state index in [9.17, 15) is 4.39 Å². The lowest BCUT2D eigenvalue weighted by Gasteiger charge is -2.21. The lowest BCUT2D eigenvalue weighted by atomic mass is 9.63. The third-order valence-corrected chi connectivity index (χ3v) is 5.16. The van der Waals surface area contributed by atoms with Crippen LogP contribution in [0.25, 0.3) is 11.3 Å². The van der Waals surface area contributed by atoms with E-state index in [-0.39, 0.29) is 5.82 Å². The Morgan fingerprint density at radius 3 is 1.81 bits per heavy atom. The van der Waals surface area contributed by atoms with Crippen molar-refractivity contribution in [1.82, 2.24) is 4.98 Å². The number of benzene rings is 1. The predicted octanol–water partition coefficient (Wildman–Crippen LogP) is -9.00. The van der Waals surface area contributed by atoms with Crippen molar-refractivity contribution in [3.63, 3.8) is 0 Å². The van der Waals surface area contributed by atoms with Crippen LogP contribution in [-0.4, -0.2) is 59.9 Å². The van der Waals surface area contributed by atoms with E-state index in [1.807, 2.05) is 23.5 Å². The first-order valence-corrected chi connectivity index (χ1v) is 7.39. The van der Waals surface area contributed by atoms with Gasteiger partial charge in [0.25, 0.3) is 0 Å². The molecule has 0 unspecified atom stereocenters. The second-order valence-corrected chi connectivity index (χ2v) is 6.11. The SMILES string of the molecule is Bc1nc(-c2c(B)c(B)c(B)c(B)c2C)c(F)c(B)c1B. The van der Waals surface area contributed by atoms with Crippen LogP contribution in [0.5, 0.6) is 0 Å². The number of hydrogen-bond donors (Lipinski definition) is 0. The van der Waals surface area contributed by atoms with Crippen molar-refractivity contribution in [2.45, 2.75) is 6.92 Å². The molecule has 1 heterocycles. The van der Waals surface area contributed by atoms with Gasteiger partial charge in [0.05, 0.1) is 0 Å². The van der Waals surface area contributed by atoms with E-state index in [2.05, 4.69) is 43.3 Å². The molecule has 1 nitrogen and oxygen atoms in total. The molecule has 21 heavy (non-hydrogen) atoms. The Kier molecular flexibility index (Phi) is 4.23. The van der Waals surface area contributed by atoms with E-state index in [1.165, 1.54) is 16.4 Å². The van der Waals surface area contributed by atoms with Crippen molar-refractivity contribution in [3.05, 3.63) is 11.4 Å². The lowest BCUT2D eigenvalue weighted by Crippen LogP contribution is -2.50. The lowest BCUT2D eigenvalue weighted by molar-refractivity contribution is 0.636. The third-order valence-electron chi connectivity index (χ3n) is 5.16. The summed E-state index contributed by atoms with van der Waals surface area (Å²) in [5.41, 5.74) is 9.99. The highest BCUT2D eigenvalue weighted by Crippen LogP contribution is 2.17. The number of pyridine rings is 1. The van der Waals surface area contributed by atoms with Gasteiger partial charge in [0.15, 0.2) is 7.85 Å². The molecule has 0 N–H and O–H groups in total. The zero-order valence-corrected chi connectivity index (χ0v) is 14.3. The molecule has 0 aliphatic heterocycles. The van der Waals surface area contributed by atoms with Crippen LogP contribution in [0.15, 0.2) is 0 Å². The summed E-state index contributed by atoms with van der Waals surface area (Å²) in [7, 11) is 14.1. The monoisotopic (exact) mass is 271 g/mol. The van der Waals surface area contributed by atoms with Crippen molar-refractivity contribution in [2.75, 3.05) is 0 Å². The van der Waals surface area contributed by atoms with Crippen LogP contribution in [0.4, 0.5) is 4.39 Å². The molecule has 0 aliphatic carbocycles. The Labute approximate surface area is 132 Å². The van der Waals surface area contributed by atoms with Crippen LogP contribution in [0.3, 0.4) is 0 Å². The van der Waals surface area contributed by atoms with Gasteiger partial charge < -0.3 is 0 Å². The fraction of sp³-hybridized carbons (Fsp3) is 0.0833. The van der Waals surface area contributed by atoms with Crippen LogP contribution in [0, 0.1) is 12.7 Å². The molecular weight excluding hydrogens is 253 g/mol. The molecule has 0 saturated carbocycles. The molecule has 0 fully saturated rings. The standard InChI is InChI=1S/C12H17B7FN/c1-2-3(5(14)7(16)6(15)4(2)13)11-10(20)8(17)9(18)12(19)21-11/h13-19H2,1H3. The van der Waals surface area contributed by atoms with Gasteiger partial charge in [-0.25, -0.2) is 4.39 Å². The number of rotatable bonds is 1. The first-order chi connectivity index (χ1) is 9.68. The van der Waals surface area contributed by atoms with Crippen LogP contribution >= 0.6 is 0 Å². The Hall–Kier alpha value is -1.25. The molecular formula is C12H17B7FN. The molecule has 2 rings (SSSR count). The van der Waals surface area contributed by atoms with E-state index in [0.29, 0.717) is 11.2 Å². The molecule has 0 spiro atoms. The van der Waals surface area contributed by atoms with Gasteiger partial charge in [0.1, 0.15) is 58.6 Å². The molecule has 0 bridgehead atoms. The normalized spacial score (nSPS) is 10.8. The first kappa shape index (κ1) is 16.1. The minimum Gasteiger partial charge on any atom is -0.261 e. The maximum atomic E-state index is 14.8. The molecule has 98 valence electrons. The quantitative estimate of drug-likeness (QED) is 0.469. The zero-order chi connectivity index (χ0) is 16.1. The maximum absolute atomic E-state index is 14.8. The van der Waals surface area contributed by atoms with Crippen LogP contribution in [-0.2, 0) is 0 Å². The number of aromatic nitrogens is 1. The molecule has 0 atom stereocenters. The molecule has 1 aromatic carbocycles. The fourth-order valence-electron chi connectivity index (χ4n) is 2.94. The maximum Gasteiger partial charge on any atom is 0.163 e. The molecule has 0 radical (unpaired) electrons. The Bertz CT molecular complexity index is 731. The van der Waals surface area contributed by atoms with Gasteiger partial charge in [-0.2, -0.15) is 0 Å².